The molecule has 0 unspecified atom stereocenters. The predicted octanol–water partition coefficient (Wildman–Crippen LogP) is 2.51. The number of aliphatic hydroxyl groups is 1. The van der Waals surface area contributed by atoms with Crippen molar-refractivity contribution < 1.29 is 14.6 Å². The quantitative estimate of drug-likeness (QED) is 0.760. The van der Waals surface area contributed by atoms with E-state index >= 15 is 0 Å². The Hall–Kier alpha value is -1.75. The van der Waals surface area contributed by atoms with Crippen molar-refractivity contribution in [1.82, 2.24) is 4.90 Å². The van der Waals surface area contributed by atoms with Crippen molar-refractivity contribution >= 4 is 11.6 Å². The Morgan fingerprint density at radius 1 is 1.32 bits per heavy atom. The fourth-order valence-electron chi connectivity index (χ4n) is 2.66. The molecule has 1 amide bonds. The van der Waals surface area contributed by atoms with Gasteiger partial charge in [0.1, 0.15) is 5.75 Å². The molecule has 0 saturated carbocycles. The number of carbonyl (C=O) groups is 1. The van der Waals surface area contributed by atoms with Crippen molar-refractivity contribution in [2.24, 2.45) is 0 Å². The Labute approximate surface area is 132 Å². The topological polar surface area (TPSA) is 61.8 Å². The number of hydrogen-bond donors (Lipinski definition) is 2. The van der Waals surface area contributed by atoms with E-state index in [2.05, 4.69) is 5.32 Å². The van der Waals surface area contributed by atoms with Gasteiger partial charge >= 0.3 is 0 Å². The third kappa shape index (κ3) is 4.37. The lowest BCUT2D eigenvalue weighted by Crippen LogP contribution is -2.35. The standard InChI is InChI=1S/C17H26N2O3/c1-2-22-16-8-7-14(13-15(16)18-9-6-12-20)17(21)19-10-4-3-5-11-19/h7-8,13,18,20H,2-6,9-12H2,1H3. The highest BCUT2D eigenvalue weighted by atomic mass is 16.5. The number of ether oxygens (including phenoxy) is 1. The Kier molecular flexibility index (Phi) is 6.52. The lowest BCUT2D eigenvalue weighted by Gasteiger charge is -2.27. The molecule has 1 aliphatic heterocycles. The molecule has 0 radical (unpaired) electrons. The van der Waals surface area contributed by atoms with Crippen molar-refractivity contribution in [3.05, 3.63) is 23.8 Å². The largest absolute Gasteiger partial charge is 0.492 e. The Morgan fingerprint density at radius 2 is 2.09 bits per heavy atom. The van der Waals surface area contributed by atoms with E-state index in [1.165, 1.54) is 6.42 Å². The highest BCUT2D eigenvalue weighted by Crippen LogP contribution is 2.27. The molecule has 22 heavy (non-hydrogen) atoms. The molecule has 122 valence electrons. The van der Waals surface area contributed by atoms with Crippen LogP contribution in [0.4, 0.5) is 5.69 Å². The molecular weight excluding hydrogens is 280 g/mol. The molecule has 5 nitrogen and oxygen atoms in total. The summed E-state index contributed by atoms with van der Waals surface area (Å²) < 4.78 is 5.60. The van der Waals surface area contributed by atoms with E-state index in [0.29, 0.717) is 25.1 Å². The number of piperidine rings is 1. The molecule has 0 atom stereocenters. The van der Waals surface area contributed by atoms with Crippen LogP contribution in [0.2, 0.25) is 0 Å². The van der Waals surface area contributed by atoms with Gasteiger partial charge in [0.15, 0.2) is 0 Å². The Morgan fingerprint density at radius 3 is 2.77 bits per heavy atom. The van der Waals surface area contributed by atoms with E-state index in [-0.39, 0.29) is 12.5 Å². The number of carbonyl (C=O) groups excluding carboxylic acids is 1. The number of likely N-dealkylation sites (tertiary alicyclic amines) is 1. The summed E-state index contributed by atoms with van der Waals surface area (Å²) in [5.41, 5.74) is 1.51. The van der Waals surface area contributed by atoms with Gasteiger partial charge in [-0.1, -0.05) is 0 Å². The summed E-state index contributed by atoms with van der Waals surface area (Å²) >= 11 is 0. The van der Waals surface area contributed by atoms with Crippen LogP contribution in [0.15, 0.2) is 18.2 Å². The molecule has 1 fully saturated rings. The smallest absolute Gasteiger partial charge is 0.253 e. The van der Waals surface area contributed by atoms with Crippen molar-refractivity contribution in [3.63, 3.8) is 0 Å². The number of benzene rings is 1. The van der Waals surface area contributed by atoms with Gasteiger partial charge in [-0.25, -0.2) is 0 Å². The zero-order valence-electron chi connectivity index (χ0n) is 13.3. The molecule has 0 spiro atoms. The molecule has 1 aromatic carbocycles. The zero-order valence-corrected chi connectivity index (χ0v) is 13.3. The fraction of sp³-hybridized carbons (Fsp3) is 0.588. The molecule has 2 rings (SSSR count). The van der Waals surface area contributed by atoms with Gasteiger partial charge in [0, 0.05) is 31.8 Å². The van der Waals surface area contributed by atoms with Gasteiger partial charge in [0.05, 0.1) is 12.3 Å². The van der Waals surface area contributed by atoms with Crippen LogP contribution in [-0.2, 0) is 0 Å². The molecule has 0 bridgehead atoms. The van der Waals surface area contributed by atoms with Gasteiger partial charge in [-0.15, -0.1) is 0 Å². The number of aliphatic hydroxyl groups excluding tert-OH is 1. The monoisotopic (exact) mass is 306 g/mol. The Bertz CT molecular complexity index is 485. The second-order valence-electron chi connectivity index (χ2n) is 5.50. The predicted molar refractivity (Wildman–Crippen MR) is 87.6 cm³/mol. The van der Waals surface area contributed by atoms with Gasteiger partial charge in [0.2, 0.25) is 0 Å². The second kappa shape index (κ2) is 8.63. The molecular formula is C17H26N2O3. The maximum atomic E-state index is 12.6. The van der Waals surface area contributed by atoms with E-state index in [1.807, 2.05) is 30.0 Å². The van der Waals surface area contributed by atoms with Crippen LogP contribution in [-0.4, -0.2) is 48.8 Å². The molecule has 1 aliphatic rings. The van der Waals surface area contributed by atoms with Gasteiger partial charge in [0.25, 0.3) is 5.91 Å². The van der Waals surface area contributed by atoms with Crippen molar-refractivity contribution in [1.29, 1.82) is 0 Å². The van der Waals surface area contributed by atoms with E-state index in [9.17, 15) is 4.79 Å². The third-order valence-corrected chi connectivity index (χ3v) is 3.82. The maximum absolute atomic E-state index is 12.6. The van der Waals surface area contributed by atoms with Crippen molar-refractivity contribution in [3.8, 4) is 5.75 Å². The maximum Gasteiger partial charge on any atom is 0.253 e. The van der Waals surface area contributed by atoms with Crippen LogP contribution in [0, 0.1) is 0 Å². The molecule has 0 aliphatic carbocycles. The molecule has 2 N–H and O–H groups in total. The molecule has 5 heteroatoms. The summed E-state index contributed by atoms with van der Waals surface area (Å²) in [5, 5.41) is 12.1. The highest BCUT2D eigenvalue weighted by Gasteiger charge is 2.19. The van der Waals surface area contributed by atoms with E-state index in [0.717, 1.165) is 37.4 Å². The van der Waals surface area contributed by atoms with Crippen LogP contribution in [0.25, 0.3) is 0 Å². The van der Waals surface area contributed by atoms with Gasteiger partial charge in [-0.3, -0.25) is 4.79 Å². The van der Waals surface area contributed by atoms with E-state index in [4.69, 9.17) is 9.84 Å². The number of rotatable bonds is 7. The number of nitrogens with zero attached hydrogens (tertiary/aromatic N) is 1. The second-order valence-corrected chi connectivity index (χ2v) is 5.50. The van der Waals surface area contributed by atoms with Crippen LogP contribution < -0.4 is 10.1 Å². The normalized spacial score (nSPS) is 14.7. The third-order valence-electron chi connectivity index (χ3n) is 3.82. The highest BCUT2D eigenvalue weighted by molar-refractivity contribution is 5.95. The van der Waals surface area contributed by atoms with Gasteiger partial charge in [-0.2, -0.15) is 0 Å². The first-order valence-corrected chi connectivity index (χ1v) is 8.17. The minimum absolute atomic E-state index is 0.0907. The summed E-state index contributed by atoms with van der Waals surface area (Å²) in [6.07, 6.45) is 4.05. The lowest BCUT2D eigenvalue weighted by molar-refractivity contribution is 0.0724. The van der Waals surface area contributed by atoms with E-state index in [1.54, 1.807) is 0 Å². The number of amides is 1. The SMILES string of the molecule is CCOc1ccc(C(=O)N2CCCCC2)cc1NCCCO. The summed E-state index contributed by atoms with van der Waals surface area (Å²) in [4.78, 5) is 14.5. The summed E-state index contributed by atoms with van der Waals surface area (Å²) in [6.45, 7) is 5.00. The minimum Gasteiger partial charge on any atom is -0.492 e. The first-order chi connectivity index (χ1) is 10.8. The number of nitrogens with one attached hydrogen (secondary N) is 1. The van der Waals surface area contributed by atoms with Crippen LogP contribution in [0.5, 0.6) is 5.75 Å². The van der Waals surface area contributed by atoms with Crippen LogP contribution >= 0.6 is 0 Å². The summed E-state index contributed by atoms with van der Waals surface area (Å²) in [7, 11) is 0. The first kappa shape index (κ1) is 16.6. The average molecular weight is 306 g/mol. The fourth-order valence-corrected chi connectivity index (χ4v) is 2.66. The number of anilines is 1. The minimum atomic E-state index is 0.0907. The Balaban J connectivity index is 2.13. The first-order valence-electron chi connectivity index (χ1n) is 8.17. The average Bonchev–Trinajstić information content (AvgIpc) is 2.57. The van der Waals surface area contributed by atoms with Crippen LogP contribution in [0.1, 0.15) is 43.0 Å². The molecule has 0 aromatic heterocycles. The molecule has 1 aromatic rings. The van der Waals surface area contributed by atoms with Gasteiger partial charge < -0.3 is 20.1 Å². The molecule has 1 saturated heterocycles. The van der Waals surface area contributed by atoms with E-state index < -0.39 is 0 Å². The summed E-state index contributed by atoms with van der Waals surface area (Å²) in [6, 6.07) is 5.54. The van der Waals surface area contributed by atoms with Crippen molar-refractivity contribution in [2.45, 2.75) is 32.6 Å². The van der Waals surface area contributed by atoms with Gasteiger partial charge in [-0.05, 0) is 50.8 Å². The zero-order chi connectivity index (χ0) is 15.8. The number of hydrogen-bond acceptors (Lipinski definition) is 4. The van der Waals surface area contributed by atoms with Crippen LogP contribution in [0.3, 0.4) is 0 Å². The molecule has 1 heterocycles. The summed E-state index contributed by atoms with van der Waals surface area (Å²) in [5.74, 6) is 0.837. The lowest BCUT2D eigenvalue weighted by atomic mass is 10.1. The van der Waals surface area contributed by atoms with Crippen molar-refractivity contribution in [2.75, 3.05) is 38.2 Å².